The molecular weight excluding hydrogens is 363 g/mol. The Morgan fingerprint density at radius 2 is 1.78 bits per heavy atom. The molecule has 1 aromatic heterocycles. The molecule has 1 amide bonds. The summed E-state index contributed by atoms with van der Waals surface area (Å²) in [4.78, 5) is 11.4. The molecule has 0 saturated heterocycles. The van der Waals surface area contributed by atoms with Gasteiger partial charge in [-0.25, -0.2) is 0 Å². The van der Waals surface area contributed by atoms with Crippen LogP contribution in [-0.4, -0.2) is 16.3 Å². The van der Waals surface area contributed by atoms with Crippen molar-refractivity contribution in [3.8, 4) is 5.69 Å². The van der Waals surface area contributed by atoms with E-state index in [4.69, 9.17) is 4.52 Å². The van der Waals surface area contributed by atoms with Crippen molar-refractivity contribution in [2.45, 2.75) is 19.2 Å². The summed E-state index contributed by atoms with van der Waals surface area (Å²) in [5, 5.41) is 17.0. The molecule has 9 heteroatoms. The van der Waals surface area contributed by atoms with Gasteiger partial charge >= 0.3 is 17.8 Å². The summed E-state index contributed by atoms with van der Waals surface area (Å²) in [5.41, 5.74) is -0.0285. The first-order valence-corrected chi connectivity index (χ1v) is 7.87. The summed E-state index contributed by atoms with van der Waals surface area (Å²) >= 11 is 0. The second-order valence-electron chi connectivity index (χ2n) is 5.74. The number of nitrogens with zero attached hydrogens (tertiary/aromatic N) is 2. The van der Waals surface area contributed by atoms with Crippen molar-refractivity contribution in [2.24, 2.45) is 0 Å². The molecule has 140 valence electrons. The first-order valence-electron chi connectivity index (χ1n) is 7.87. The monoisotopic (exact) mass is 378 g/mol. The lowest BCUT2D eigenvalue weighted by atomic mass is 10.0. The highest BCUT2D eigenvalue weighted by Crippen LogP contribution is 2.32. The molecule has 6 nitrogen and oxygen atoms in total. The van der Waals surface area contributed by atoms with E-state index in [-0.39, 0.29) is 17.1 Å². The minimum Gasteiger partial charge on any atom is -0.377 e. The lowest BCUT2D eigenvalue weighted by molar-refractivity contribution is -0.680. The summed E-state index contributed by atoms with van der Waals surface area (Å²) in [6.45, 7) is 1.25. The molecule has 0 aliphatic heterocycles. The molecule has 1 unspecified atom stereocenters. The smallest absolute Gasteiger partial charge is 0.377 e. The fraction of sp³-hybridized carbons (Fsp3) is 0.167. The summed E-state index contributed by atoms with van der Waals surface area (Å²) < 4.78 is 44.6. The molecule has 0 aliphatic rings. The lowest BCUT2D eigenvalue weighted by Gasteiger charge is -2.10. The number of aliphatic hydroxyl groups excluding tert-OH is 1. The van der Waals surface area contributed by atoms with Crippen LogP contribution in [0.25, 0.3) is 5.69 Å². The number of anilines is 1. The lowest BCUT2D eigenvalue weighted by Crippen LogP contribution is -2.38. The molecule has 1 atom stereocenters. The minimum absolute atomic E-state index is 0.0798. The number of hydrogen-bond acceptors (Lipinski definition) is 4. The van der Waals surface area contributed by atoms with Crippen LogP contribution < -0.4 is 10.00 Å². The van der Waals surface area contributed by atoms with Gasteiger partial charge in [-0.15, -0.1) is 0 Å². The summed E-state index contributed by atoms with van der Waals surface area (Å²) in [6, 6.07) is 12.7. The fourth-order valence-corrected chi connectivity index (χ4v) is 2.52. The van der Waals surface area contributed by atoms with E-state index in [2.05, 4.69) is 10.6 Å². The van der Waals surface area contributed by atoms with Crippen LogP contribution in [0.5, 0.6) is 0 Å². The molecule has 3 rings (SSSR count). The Kier molecular flexibility index (Phi) is 4.95. The van der Waals surface area contributed by atoms with Crippen molar-refractivity contribution in [1.29, 1.82) is 0 Å². The molecule has 0 saturated carbocycles. The van der Waals surface area contributed by atoms with Crippen LogP contribution in [0.2, 0.25) is 0 Å². The quantitative estimate of drug-likeness (QED) is 0.684. The maximum atomic E-state index is 12.7. The van der Waals surface area contributed by atoms with Crippen LogP contribution in [0.1, 0.15) is 29.8 Å². The molecule has 0 spiro atoms. The summed E-state index contributed by atoms with van der Waals surface area (Å²) in [5.74, 6) is -0.550. The van der Waals surface area contributed by atoms with Gasteiger partial charge in [-0.2, -0.15) is 13.2 Å². The fourth-order valence-electron chi connectivity index (χ4n) is 2.52. The number of aromatic nitrogens is 2. The van der Waals surface area contributed by atoms with Crippen molar-refractivity contribution >= 4 is 11.8 Å². The summed E-state index contributed by atoms with van der Waals surface area (Å²) in [6.07, 6.45) is -5.87. The van der Waals surface area contributed by atoms with E-state index in [1.165, 1.54) is 11.6 Å². The second kappa shape index (κ2) is 7.20. The van der Waals surface area contributed by atoms with Gasteiger partial charge < -0.3 is 5.11 Å². The van der Waals surface area contributed by atoms with Gasteiger partial charge in [0.2, 0.25) is 16.9 Å². The third kappa shape index (κ3) is 3.98. The topological polar surface area (TPSA) is 79.2 Å². The first-order chi connectivity index (χ1) is 12.8. The van der Waals surface area contributed by atoms with Gasteiger partial charge in [-0.3, -0.25) is 14.6 Å². The third-order valence-corrected chi connectivity index (χ3v) is 3.78. The van der Waals surface area contributed by atoms with Gasteiger partial charge in [0, 0.05) is 19.1 Å². The third-order valence-electron chi connectivity index (χ3n) is 3.78. The number of alkyl halides is 3. The van der Waals surface area contributed by atoms with E-state index in [0.717, 1.165) is 24.3 Å². The van der Waals surface area contributed by atoms with Gasteiger partial charge in [0.1, 0.15) is 0 Å². The van der Waals surface area contributed by atoms with Crippen molar-refractivity contribution < 1.29 is 32.3 Å². The van der Waals surface area contributed by atoms with Crippen molar-refractivity contribution in [1.82, 2.24) is 5.27 Å². The Bertz CT molecular complexity index is 938. The highest BCUT2D eigenvalue weighted by atomic mass is 19.4. The molecule has 27 heavy (non-hydrogen) atoms. The number of hydrogen-bond donors (Lipinski definition) is 2. The van der Waals surface area contributed by atoms with Crippen LogP contribution in [0, 0.1) is 0 Å². The number of halogens is 3. The van der Waals surface area contributed by atoms with Gasteiger partial charge in [0.05, 0.1) is 5.56 Å². The molecule has 0 bridgehead atoms. The Morgan fingerprint density at radius 3 is 2.33 bits per heavy atom. The van der Waals surface area contributed by atoms with Crippen molar-refractivity contribution in [3.05, 3.63) is 71.4 Å². The predicted molar refractivity (Wildman–Crippen MR) is 87.8 cm³/mol. The summed E-state index contributed by atoms with van der Waals surface area (Å²) in [7, 11) is 0. The Balaban J connectivity index is 2.05. The van der Waals surface area contributed by atoms with Crippen LogP contribution in [0.3, 0.4) is 0 Å². The number of amides is 1. The zero-order valence-electron chi connectivity index (χ0n) is 14.1. The average Bonchev–Trinajstić information content (AvgIpc) is 3.04. The van der Waals surface area contributed by atoms with E-state index < -0.39 is 23.8 Å². The zero-order chi connectivity index (χ0) is 19.6. The highest BCUT2D eigenvalue weighted by Gasteiger charge is 2.36. The second-order valence-corrected chi connectivity index (χ2v) is 5.74. The molecule has 1 heterocycles. The number of benzene rings is 2. The SMILES string of the molecule is CC(=O)Nc1on[n+](-c2ccccc2)c1C(O)c1ccc(C(F)(F)F)cc1. The predicted octanol–water partition coefficient (Wildman–Crippen LogP) is 3.01. The Morgan fingerprint density at radius 1 is 1.15 bits per heavy atom. The average molecular weight is 378 g/mol. The van der Waals surface area contributed by atoms with E-state index in [9.17, 15) is 23.1 Å². The van der Waals surface area contributed by atoms with E-state index in [1.54, 1.807) is 30.3 Å². The molecule has 2 N–H and O–H groups in total. The number of para-hydroxylation sites is 1. The molecule has 3 aromatic rings. The molecule has 0 aliphatic carbocycles. The Labute approximate surface area is 151 Å². The van der Waals surface area contributed by atoms with Crippen LogP contribution in [0.15, 0.2) is 59.1 Å². The number of aliphatic hydroxyl groups is 1. The largest absolute Gasteiger partial charge is 0.416 e. The van der Waals surface area contributed by atoms with Gasteiger partial charge in [-0.05, 0) is 22.4 Å². The highest BCUT2D eigenvalue weighted by molar-refractivity contribution is 5.87. The normalized spacial score (nSPS) is 12.6. The van der Waals surface area contributed by atoms with Crippen molar-refractivity contribution in [3.63, 3.8) is 0 Å². The van der Waals surface area contributed by atoms with Gasteiger partial charge in [0.25, 0.3) is 0 Å². The Hall–Kier alpha value is -3.20. The molecule has 2 aromatic carbocycles. The minimum atomic E-state index is -4.48. The number of carbonyl (C=O) groups excluding carboxylic acids is 1. The van der Waals surface area contributed by atoms with E-state index in [1.807, 2.05) is 0 Å². The maximum Gasteiger partial charge on any atom is 0.416 e. The molecule has 0 radical (unpaired) electrons. The van der Waals surface area contributed by atoms with Gasteiger partial charge in [-0.1, -0.05) is 30.3 Å². The van der Waals surface area contributed by atoms with E-state index >= 15 is 0 Å². The maximum absolute atomic E-state index is 12.7. The van der Waals surface area contributed by atoms with E-state index in [0.29, 0.717) is 5.69 Å². The van der Waals surface area contributed by atoms with Crippen LogP contribution in [-0.2, 0) is 11.0 Å². The zero-order valence-corrected chi connectivity index (χ0v) is 14.1. The molecular formula is C18H15F3N3O3+. The number of nitrogens with one attached hydrogen (secondary N) is 1. The standard InChI is InChI=1S/C18H14F3N3O3/c1-11(25)22-17-15(24(23-27-17)14-5-3-2-4-6-14)16(26)12-7-9-13(10-8-12)18(19,20)21/h2-10,16,26H,1H3/p+1. The van der Waals surface area contributed by atoms with Gasteiger partial charge in [0.15, 0.2) is 6.10 Å². The van der Waals surface area contributed by atoms with Crippen LogP contribution >= 0.6 is 0 Å². The van der Waals surface area contributed by atoms with Crippen LogP contribution in [0.4, 0.5) is 19.1 Å². The molecule has 0 fully saturated rings. The number of rotatable bonds is 4. The number of carbonyl (C=O) groups is 1. The van der Waals surface area contributed by atoms with Crippen molar-refractivity contribution in [2.75, 3.05) is 5.32 Å². The first kappa shape index (κ1) is 18.6.